The van der Waals surface area contributed by atoms with E-state index in [0.717, 1.165) is 13.0 Å². The van der Waals surface area contributed by atoms with Crippen LogP contribution in [0.4, 0.5) is 0 Å². The summed E-state index contributed by atoms with van der Waals surface area (Å²) in [7, 11) is 1.45. The van der Waals surface area contributed by atoms with Gasteiger partial charge in [-0.3, -0.25) is 9.59 Å². The Morgan fingerprint density at radius 3 is 1.96 bits per heavy atom. The molecule has 3 heterocycles. The molecule has 9 N–H and O–H groups in total. The Kier molecular flexibility index (Phi) is 9.55. The minimum atomic E-state index is -2.02. The van der Waals surface area contributed by atoms with Gasteiger partial charge in [0.2, 0.25) is 0 Å². The molecule has 0 saturated carbocycles. The van der Waals surface area contributed by atoms with Crippen molar-refractivity contribution < 1.29 is 74.1 Å². The number of esters is 1. The lowest BCUT2D eigenvalue weighted by atomic mass is 9.85. The molecule has 250 valence electrons. The number of hydrogen-bond acceptors (Lipinski definition) is 16. The van der Waals surface area contributed by atoms with E-state index in [1.54, 1.807) is 24.3 Å². The van der Waals surface area contributed by atoms with Gasteiger partial charge in [0.1, 0.15) is 83.3 Å². The van der Waals surface area contributed by atoms with Gasteiger partial charge >= 0.3 is 5.97 Å². The minimum Gasteiger partial charge on any atom is -0.507 e. The second-order valence-corrected chi connectivity index (χ2v) is 11.0. The molecular formula is C30H34O16. The molecule has 0 bridgehead atoms. The Bertz CT molecular complexity index is 1630. The van der Waals surface area contributed by atoms with Gasteiger partial charge in [-0.05, 0) is 24.3 Å². The van der Waals surface area contributed by atoms with E-state index < -0.39 is 119 Å². The van der Waals surface area contributed by atoms with Gasteiger partial charge in [0.15, 0.2) is 17.1 Å². The lowest BCUT2D eigenvalue weighted by molar-refractivity contribution is -0.241. The molecule has 2 aliphatic heterocycles. The van der Waals surface area contributed by atoms with Crippen LogP contribution in [0.1, 0.15) is 30.3 Å². The van der Waals surface area contributed by atoms with Crippen molar-refractivity contribution in [1.29, 1.82) is 0 Å². The first-order chi connectivity index (χ1) is 21.8. The molecule has 16 heteroatoms. The van der Waals surface area contributed by atoms with Crippen molar-refractivity contribution in [1.82, 2.24) is 0 Å². The molecular weight excluding hydrogens is 616 g/mol. The van der Waals surface area contributed by atoms with Gasteiger partial charge in [0.25, 0.3) is 0 Å². The number of ether oxygens (including phenoxy) is 4. The fourth-order valence-electron chi connectivity index (χ4n) is 5.82. The van der Waals surface area contributed by atoms with Crippen LogP contribution in [0.2, 0.25) is 0 Å². The standard InChI is InChI=1S/C30H34O16/c1-10(33)43-30-25(40)21(36)16(9-32)46-29(30)18-22(37)17-13(34)7-14(11-3-5-12(42-2)6-4-11)44-27(17)19(23(18)38)28-26(41)24(39)20(35)15(8-31)45-28/h3-7,15-16,20-21,24-26,28-32,35-41H,8-9H2,1-2H3/t15-,16+,20-,21-,24+,25+,26-,28-,29-,30-/m1/s1. The Labute approximate surface area is 259 Å². The summed E-state index contributed by atoms with van der Waals surface area (Å²) in [6.45, 7) is -0.749. The molecule has 0 unspecified atom stereocenters. The number of carbonyl (C=O) groups is 1. The predicted octanol–water partition coefficient (Wildman–Crippen LogP) is -1.52. The van der Waals surface area contributed by atoms with Gasteiger partial charge in [-0.2, -0.15) is 0 Å². The fraction of sp³-hybridized carbons (Fsp3) is 0.467. The van der Waals surface area contributed by atoms with E-state index in [0.29, 0.717) is 11.3 Å². The molecule has 3 aromatic rings. The molecule has 0 radical (unpaired) electrons. The zero-order valence-electron chi connectivity index (χ0n) is 24.5. The maximum atomic E-state index is 13.7. The van der Waals surface area contributed by atoms with Crippen LogP contribution in [0.5, 0.6) is 17.2 Å². The SMILES string of the molecule is COc1ccc(-c2cc(=O)c3c(O)c([C@H]4O[C@@H](CO)[C@@H](O)[C@H](O)[C@H]4OC(C)=O)c(O)c([C@H]4O[C@H](CO)[C@@H](O)[C@H](O)[C@H]4O)c3o2)cc1. The van der Waals surface area contributed by atoms with Crippen LogP contribution in [-0.4, -0.2) is 121 Å². The van der Waals surface area contributed by atoms with Crippen molar-refractivity contribution in [2.24, 2.45) is 0 Å². The molecule has 0 spiro atoms. The first-order valence-electron chi connectivity index (χ1n) is 14.1. The predicted molar refractivity (Wildman–Crippen MR) is 153 cm³/mol. The summed E-state index contributed by atoms with van der Waals surface area (Å²) < 4.78 is 27.7. The average Bonchev–Trinajstić information content (AvgIpc) is 3.03. The van der Waals surface area contributed by atoms with Crippen molar-refractivity contribution in [3.8, 4) is 28.6 Å². The van der Waals surface area contributed by atoms with Gasteiger partial charge < -0.3 is 69.3 Å². The van der Waals surface area contributed by atoms with Gasteiger partial charge in [-0.1, -0.05) is 0 Å². The van der Waals surface area contributed by atoms with Crippen LogP contribution in [0, 0.1) is 0 Å². The fourth-order valence-corrected chi connectivity index (χ4v) is 5.82. The zero-order chi connectivity index (χ0) is 33.6. The quantitative estimate of drug-likeness (QED) is 0.131. The molecule has 2 saturated heterocycles. The smallest absolute Gasteiger partial charge is 0.303 e. The maximum absolute atomic E-state index is 13.7. The Morgan fingerprint density at radius 2 is 1.39 bits per heavy atom. The number of hydrogen-bond donors (Lipinski definition) is 9. The number of methoxy groups -OCH3 is 1. The van der Waals surface area contributed by atoms with E-state index >= 15 is 0 Å². The number of carbonyl (C=O) groups excluding carboxylic acids is 1. The van der Waals surface area contributed by atoms with Crippen molar-refractivity contribution in [2.75, 3.05) is 20.3 Å². The zero-order valence-corrected chi connectivity index (χ0v) is 24.5. The molecule has 46 heavy (non-hydrogen) atoms. The van der Waals surface area contributed by atoms with Gasteiger partial charge in [0, 0.05) is 18.6 Å². The molecule has 2 aliphatic rings. The van der Waals surface area contributed by atoms with Crippen LogP contribution < -0.4 is 10.2 Å². The molecule has 10 atom stereocenters. The minimum absolute atomic E-state index is 0.0804. The Balaban J connectivity index is 1.83. The van der Waals surface area contributed by atoms with Crippen molar-refractivity contribution >= 4 is 16.9 Å². The van der Waals surface area contributed by atoms with E-state index in [1.165, 1.54) is 7.11 Å². The Morgan fingerprint density at radius 1 is 0.804 bits per heavy atom. The third-order valence-corrected chi connectivity index (χ3v) is 8.20. The van der Waals surface area contributed by atoms with Crippen LogP contribution in [0.3, 0.4) is 0 Å². The number of aliphatic hydroxyl groups is 7. The lowest BCUT2D eigenvalue weighted by Crippen LogP contribution is -2.56. The number of benzene rings is 2. The normalized spacial score (nSPS) is 31.5. The van der Waals surface area contributed by atoms with Gasteiger partial charge in [-0.15, -0.1) is 0 Å². The number of aliphatic hydroxyl groups excluding tert-OH is 7. The summed E-state index contributed by atoms with van der Waals surface area (Å²) in [6, 6.07) is 7.26. The summed E-state index contributed by atoms with van der Waals surface area (Å²) in [4.78, 5) is 25.7. The number of phenolic OH excluding ortho intramolecular Hbond substituents is 2. The molecule has 16 nitrogen and oxygen atoms in total. The highest BCUT2D eigenvalue weighted by Crippen LogP contribution is 2.51. The van der Waals surface area contributed by atoms with Gasteiger partial charge in [-0.25, -0.2) is 0 Å². The van der Waals surface area contributed by atoms with Crippen LogP contribution in [0.15, 0.2) is 39.5 Å². The van der Waals surface area contributed by atoms with Crippen LogP contribution >= 0.6 is 0 Å². The third-order valence-electron chi connectivity index (χ3n) is 8.20. The highest BCUT2D eigenvalue weighted by Gasteiger charge is 2.51. The maximum Gasteiger partial charge on any atom is 0.303 e. The molecule has 0 aliphatic carbocycles. The van der Waals surface area contributed by atoms with Crippen LogP contribution in [-0.2, 0) is 19.0 Å². The number of phenols is 2. The largest absolute Gasteiger partial charge is 0.507 e. The number of aromatic hydroxyl groups is 2. The van der Waals surface area contributed by atoms with E-state index in [9.17, 15) is 55.5 Å². The van der Waals surface area contributed by atoms with Crippen molar-refractivity contribution in [3.63, 3.8) is 0 Å². The monoisotopic (exact) mass is 650 g/mol. The summed E-state index contributed by atoms with van der Waals surface area (Å²) in [5, 5.41) is 95.7. The molecule has 2 aromatic carbocycles. The highest BCUT2D eigenvalue weighted by molar-refractivity contribution is 5.92. The summed E-state index contributed by atoms with van der Waals surface area (Å²) >= 11 is 0. The topological polar surface area (TPSA) is 266 Å². The third kappa shape index (κ3) is 5.68. The van der Waals surface area contributed by atoms with Gasteiger partial charge in [0.05, 0.1) is 31.5 Å². The van der Waals surface area contributed by atoms with E-state index in [-0.39, 0.29) is 5.76 Å². The molecule has 1 aromatic heterocycles. The lowest BCUT2D eigenvalue weighted by Gasteiger charge is -2.43. The van der Waals surface area contributed by atoms with E-state index in [4.69, 9.17) is 23.4 Å². The Hall–Kier alpha value is -3.84. The second kappa shape index (κ2) is 13.1. The molecule has 5 rings (SSSR count). The van der Waals surface area contributed by atoms with Crippen molar-refractivity contribution in [2.45, 2.75) is 68.0 Å². The number of rotatable bonds is 7. The number of fused-ring (bicyclic) bond motifs is 1. The average molecular weight is 651 g/mol. The summed E-state index contributed by atoms with van der Waals surface area (Å²) in [5.74, 6) is -2.53. The molecule has 2 fully saturated rings. The van der Waals surface area contributed by atoms with E-state index in [1.807, 2.05) is 0 Å². The molecule has 0 amide bonds. The first-order valence-corrected chi connectivity index (χ1v) is 14.1. The first kappa shape index (κ1) is 33.5. The second-order valence-electron chi connectivity index (χ2n) is 11.0. The summed E-state index contributed by atoms with van der Waals surface area (Å²) in [5.41, 5.74) is -2.34. The summed E-state index contributed by atoms with van der Waals surface area (Å²) in [6.07, 6.45) is -18.0. The van der Waals surface area contributed by atoms with Crippen molar-refractivity contribution in [3.05, 3.63) is 51.7 Å². The van der Waals surface area contributed by atoms with Crippen LogP contribution in [0.25, 0.3) is 22.3 Å². The highest BCUT2D eigenvalue weighted by atomic mass is 16.6. The van der Waals surface area contributed by atoms with E-state index in [2.05, 4.69) is 0 Å².